The molecule has 1 aliphatic heterocycles. The summed E-state index contributed by atoms with van der Waals surface area (Å²) < 4.78 is 33.1. The number of sulfonamides is 1. The van der Waals surface area contributed by atoms with Gasteiger partial charge < -0.3 is 9.64 Å². The molecule has 26 heavy (non-hydrogen) atoms. The molecule has 2 aromatic rings. The Kier molecular flexibility index (Phi) is 5.70. The molecule has 1 fully saturated rings. The summed E-state index contributed by atoms with van der Waals surface area (Å²) in [5, 5.41) is 0. The molecule has 7 heteroatoms. The van der Waals surface area contributed by atoms with Crippen LogP contribution in [0.3, 0.4) is 0 Å². The van der Waals surface area contributed by atoms with Crippen molar-refractivity contribution in [1.29, 1.82) is 0 Å². The fraction of sp³-hybridized carbons (Fsp3) is 0.316. The minimum atomic E-state index is -3.70. The summed E-state index contributed by atoms with van der Waals surface area (Å²) in [6, 6.07) is 15.4. The second-order valence-corrected chi connectivity index (χ2v) is 8.04. The van der Waals surface area contributed by atoms with Gasteiger partial charge in [0.2, 0.25) is 10.0 Å². The van der Waals surface area contributed by atoms with Gasteiger partial charge in [0, 0.05) is 25.2 Å². The van der Waals surface area contributed by atoms with E-state index in [0.29, 0.717) is 25.3 Å². The molecule has 0 unspecified atom stereocenters. The summed E-state index contributed by atoms with van der Waals surface area (Å²) in [6.45, 7) is 3.61. The van der Waals surface area contributed by atoms with Gasteiger partial charge in [-0.3, -0.25) is 4.79 Å². The molecule has 1 N–H and O–H groups in total. The Morgan fingerprint density at radius 1 is 1.19 bits per heavy atom. The maximum atomic E-state index is 12.7. The van der Waals surface area contributed by atoms with Crippen LogP contribution in [0.25, 0.3) is 0 Å². The molecule has 1 amide bonds. The lowest BCUT2D eigenvalue weighted by Crippen LogP contribution is -2.44. The highest BCUT2D eigenvalue weighted by molar-refractivity contribution is 7.89. The second-order valence-electron chi connectivity index (χ2n) is 6.27. The van der Waals surface area contributed by atoms with Gasteiger partial charge in [0.05, 0.1) is 17.6 Å². The molecule has 0 aromatic heterocycles. The molecule has 0 aliphatic carbocycles. The maximum absolute atomic E-state index is 12.7. The van der Waals surface area contributed by atoms with Gasteiger partial charge in [0.25, 0.3) is 5.91 Å². The van der Waals surface area contributed by atoms with Crippen LogP contribution in [-0.4, -0.2) is 45.0 Å². The lowest BCUT2D eigenvalue weighted by Gasteiger charge is -2.31. The van der Waals surface area contributed by atoms with Crippen molar-refractivity contribution in [3.05, 3.63) is 65.7 Å². The van der Waals surface area contributed by atoms with Crippen LogP contribution in [0.15, 0.2) is 59.5 Å². The molecule has 2 aromatic carbocycles. The number of rotatable bonds is 5. The number of carbonyl (C=O) groups excluding carboxylic acids is 1. The summed E-state index contributed by atoms with van der Waals surface area (Å²) in [5.41, 5.74) is 1.23. The average Bonchev–Trinajstić information content (AvgIpc) is 2.67. The zero-order chi connectivity index (χ0) is 18.6. The van der Waals surface area contributed by atoms with E-state index < -0.39 is 10.0 Å². The van der Waals surface area contributed by atoms with Gasteiger partial charge in [-0.25, -0.2) is 13.1 Å². The third-order valence-electron chi connectivity index (χ3n) is 4.23. The number of benzene rings is 2. The first-order valence-electron chi connectivity index (χ1n) is 8.50. The monoisotopic (exact) mass is 374 g/mol. The van der Waals surface area contributed by atoms with Crippen molar-refractivity contribution in [2.75, 3.05) is 19.7 Å². The predicted octanol–water partition coefficient (Wildman–Crippen LogP) is 2.03. The Morgan fingerprint density at radius 2 is 1.96 bits per heavy atom. The molecular formula is C19H22N2O4S. The summed E-state index contributed by atoms with van der Waals surface area (Å²) in [4.78, 5) is 14.4. The molecule has 0 saturated carbocycles. The predicted molar refractivity (Wildman–Crippen MR) is 98.2 cm³/mol. The Labute approximate surface area is 153 Å². The minimum absolute atomic E-state index is 0.0212. The van der Waals surface area contributed by atoms with Crippen molar-refractivity contribution in [2.45, 2.75) is 24.5 Å². The number of ether oxygens (including phenoxy) is 1. The van der Waals surface area contributed by atoms with Crippen molar-refractivity contribution < 1.29 is 17.9 Å². The normalized spacial score (nSPS) is 17.9. The maximum Gasteiger partial charge on any atom is 0.254 e. The van der Waals surface area contributed by atoms with Crippen LogP contribution in [0.1, 0.15) is 22.8 Å². The quantitative estimate of drug-likeness (QED) is 0.869. The second kappa shape index (κ2) is 7.99. The number of nitrogens with zero attached hydrogens (tertiary/aromatic N) is 1. The molecule has 0 bridgehead atoms. The molecule has 1 atom stereocenters. The fourth-order valence-electron chi connectivity index (χ4n) is 2.84. The van der Waals surface area contributed by atoms with Crippen LogP contribution in [-0.2, 0) is 21.3 Å². The van der Waals surface area contributed by atoms with E-state index in [1.165, 1.54) is 12.1 Å². The zero-order valence-electron chi connectivity index (χ0n) is 14.6. The fourth-order valence-corrected chi connectivity index (χ4v) is 3.90. The molecule has 3 rings (SSSR count). The van der Waals surface area contributed by atoms with E-state index in [1.54, 1.807) is 17.0 Å². The van der Waals surface area contributed by atoms with Gasteiger partial charge in [0.15, 0.2) is 0 Å². The summed E-state index contributed by atoms with van der Waals surface area (Å²) >= 11 is 0. The molecular weight excluding hydrogens is 352 g/mol. The molecule has 1 heterocycles. The van der Waals surface area contributed by atoms with Gasteiger partial charge in [-0.05, 0) is 30.7 Å². The van der Waals surface area contributed by atoms with Gasteiger partial charge in [-0.1, -0.05) is 36.4 Å². The van der Waals surface area contributed by atoms with Crippen LogP contribution in [0.2, 0.25) is 0 Å². The molecule has 138 valence electrons. The van der Waals surface area contributed by atoms with Crippen molar-refractivity contribution in [3.63, 3.8) is 0 Å². The average molecular weight is 374 g/mol. The van der Waals surface area contributed by atoms with Crippen LogP contribution in [0.4, 0.5) is 0 Å². The summed E-state index contributed by atoms with van der Waals surface area (Å²) in [7, 11) is -3.70. The van der Waals surface area contributed by atoms with Crippen molar-refractivity contribution >= 4 is 15.9 Å². The smallest absolute Gasteiger partial charge is 0.254 e. The van der Waals surface area contributed by atoms with E-state index >= 15 is 0 Å². The summed E-state index contributed by atoms with van der Waals surface area (Å²) in [6.07, 6.45) is -0.0212. The first-order valence-corrected chi connectivity index (χ1v) is 9.98. The first-order chi connectivity index (χ1) is 12.5. The van der Waals surface area contributed by atoms with Crippen molar-refractivity contribution in [3.8, 4) is 0 Å². The Morgan fingerprint density at radius 3 is 2.69 bits per heavy atom. The first kappa shape index (κ1) is 18.6. The number of morpholine rings is 1. The topological polar surface area (TPSA) is 75.7 Å². The van der Waals surface area contributed by atoms with E-state index in [9.17, 15) is 13.2 Å². The lowest BCUT2D eigenvalue weighted by molar-refractivity contribution is -0.0124. The highest BCUT2D eigenvalue weighted by Gasteiger charge is 2.23. The van der Waals surface area contributed by atoms with Gasteiger partial charge in [0.1, 0.15) is 0 Å². The van der Waals surface area contributed by atoms with E-state index in [1.807, 2.05) is 37.3 Å². The van der Waals surface area contributed by atoms with Crippen LogP contribution >= 0.6 is 0 Å². The number of carbonyl (C=O) groups is 1. The van der Waals surface area contributed by atoms with Crippen molar-refractivity contribution in [2.24, 2.45) is 0 Å². The zero-order valence-corrected chi connectivity index (χ0v) is 15.4. The largest absolute Gasteiger partial charge is 0.375 e. The van der Waals surface area contributed by atoms with E-state index in [0.717, 1.165) is 5.56 Å². The number of hydrogen-bond donors (Lipinski definition) is 1. The Balaban J connectivity index is 1.74. The Bertz CT molecular complexity index is 868. The number of amides is 1. The Hall–Kier alpha value is -2.22. The van der Waals surface area contributed by atoms with Crippen LogP contribution in [0, 0.1) is 0 Å². The molecule has 6 nitrogen and oxygen atoms in total. The highest BCUT2D eigenvalue weighted by Crippen LogP contribution is 2.16. The minimum Gasteiger partial charge on any atom is -0.375 e. The standard InChI is InChI=1S/C19H22N2O4S/c1-15-14-21(10-11-25-15)19(22)17-8-5-9-18(12-17)26(23,24)20-13-16-6-3-2-4-7-16/h2-9,12,15,20H,10-11,13-14H2,1H3/t15-/m1/s1. The lowest BCUT2D eigenvalue weighted by atomic mass is 10.2. The van der Waals surface area contributed by atoms with E-state index in [2.05, 4.69) is 4.72 Å². The molecule has 1 saturated heterocycles. The van der Waals surface area contributed by atoms with Crippen LogP contribution < -0.4 is 4.72 Å². The van der Waals surface area contributed by atoms with Crippen molar-refractivity contribution in [1.82, 2.24) is 9.62 Å². The van der Waals surface area contributed by atoms with Gasteiger partial charge >= 0.3 is 0 Å². The molecule has 0 radical (unpaired) electrons. The van der Waals surface area contributed by atoms with E-state index in [-0.39, 0.29) is 23.5 Å². The molecule has 1 aliphatic rings. The summed E-state index contributed by atoms with van der Waals surface area (Å²) in [5.74, 6) is -0.180. The van der Waals surface area contributed by atoms with Gasteiger partial charge in [-0.15, -0.1) is 0 Å². The third-order valence-corrected chi connectivity index (χ3v) is 5.63. The molecule has 0 spiro atoms. The SMILES string of the molecule is C[C@@H]1CN(C(=O)c2cccc(S(=O)(=O)NCc3ccccc3)c2)CCO1. The number of nitrogens with one attached hydrogen (secondary N) is 1. The van der Waals surface area contributed by atoms with Gasteiger partial charge in [-0.2, -0.15) is 0 Å². The number of hydrogen-bond acceptors (Lipinski definition) is 4. The van der Waals surface area contributed by atoms with Crippen LogP contribution in [0.5, 0.6) is 0 Å². The van der Waals surface area contributed by atoms with E-state index in [4.69, 9.17) is 4.74 Å². The third kappa shape index (κ3) is 4.49. The highest BCUT2D eigenvalue weighted by atomic mass is 32.2.